The van der Waals surface area contributed by atoms with Crippen molar-refractivity contribution in [1.82, 2.24) is 0 Å². The van der Waals surface area contributed by atoms with E-state index in [0.29, 0.717) is 22.2 Å². The molecule has 0 saturated heterocycles. The molecule has 0 atom stereocenters. The number of nitrogens with two attached hydrogens (primary N) is 1. The lowest BCUT2D eigenvalue weighted by molar-refractivity contribution is -0.385. The van der Waals surface area contributed by atoms with Crippen molar-refractivity contribution in [2.45, 2.75) is 6.92 Å². The first kappa shape index (κ1) is 13.7. The monoisotopic (exact) mass is 300 g/mol. The van der Waals surface area contributed by atoms with Gasteiger partial charge in [-0.2, -0.15) is 0 Å². The number of hydrogen-bond donors (Lipinski definition) is 1. The smallest absolute Gasteiger partial charge is 0.312 e. The SMILES string of the molecule is C=C(CN)COc1c(C)cc(Br)cc1[N+](=O)[O-]. The van der Waals surface area contributed by atoms with Gasteiger partial charge >= 0.3 is 5.69 Å². The van der Waals surface area contributed by atoms with Gasteiger partial charge in [0.1, 0.15) is 6.61 Å². The highest BCUT2D eigenvalue weighted by Crippen LogP contribution is 2.34. The van der Waals surface area contributed by atoms with E-state index in [1.165, 1.54) is 6.07 Å². The van der Waals surface area contributed by atoms with E-state index >= 15 is 0 Å². The van der Waals surface area contributed by atoms with Crippen LogP contribution in [0.3, 0.4) is 0 Å². The molecule has 5 nitrogen and oxygen atoms in total. The molecule has 0 aliphatic rings. The fourth-order valence-corrected chi connectivity index (χ4v) is 1.83. The molecule has 17 heavy (non-hydrogen) atoms. The Morgan fingerprint density at radius 3 is 2.82 bits per heavy atom. The molecule has 0 fully saturated rings. The molecule has 0 heterocycles. The number of benzene rings is 1. The molecule has 0 unspecified atom stereocenters. The zero-order valence-electron chi connectivity index (χ0n) is 9.40. The third-order valence-corrected chi connectivity index (χ3v) is 2.58. The summed E-state index contributed by atoms with van der Waals surface area (Å²) in [5.74, 6) is 0.257. The summed E-state index contributed by atoms with van der Waals surface area (Å²) in [5, 5.41) is 10.9. The first-order valence-corrected chi connectivity index (χ1v) is 5.69. The summed E-state index contributed by atoms with van der Waals surface area (Å²) < 4.78 is 6.04. The van der Waals surface area contributed by atoms with E-state index in [1.54, 1.807) is 13.0 Å². The number of nitro groups is 1. The Balaban J connectivity index is 3.04. The van der Waals surface area contributed by atoms with Crippen LogP contribution in [0.2, 0.25) is 0 Å². The predicted molar refractivity (Wildman–Crippen MR) is 69.2 cm³/mol. The highest BCUT2D eigenvalue weighted by molar-refractivity contribution is 9.10. The standard InChI is InChI=1S/C11H13BrN2O3/c1-7(5-13)6-17-11-8(2)3-9(12)4-10(11)14(15)16/h3-4H,1,5-6,13H2,2H3. The maximum atomic E-state index is 10.9. The first-order chi connectivity index (χ1) is 7.95. The van der Waals surface area contributed by atoms with Gasteiger partial charge in [0.05, 0.1) is 4.92 Å². The minimum absolute atomic E-state index is 0.0679. The number of rotatable bonds is 5. The van der Waals surface area contributed by atoms with E-state index in [2.05, 4.69) is 22.5 Å². The van der Waals surface area contributed by atoms with Crippen molar-refractivity contribution in [1.29, 1.82) is 0 Å². The quantitative estimate of drug-likeness (QED) is 0.515. The lowest BCUT2D eigenvalue weighted by Crippen LogP contribution is -2.11. The molecule has 0 radical (unpaired) electrons. The molecule has 0 aliphatic carbocycles. The Morgan fingerprint density at radius 2 is 2.29 bits per heavy atom. The van der Waals surface area contributed by atoms with Crippen LogP contribution >= 0.6 is 15.9 Å². The van der Waals surface area contributed by atoms with Crippen molar-refractivity contribution in [3.05, 3.63) is 44.4 Å². The maximum absolute atomic E-state index is 10.9. The molecular weight excluding hydrogens is 288 g/mol. The zero-order chi connectivity index (χ0) is 13.0. The van der Waals surface area contributed by atoms with E-state index < -0.39 is 4.92 Å². The molecular formula is C11H13BrN2O3. The molecule has 2 N–H and O–H groups in total. The van der Waals surface area contributed by atoms with Gasteiger partial charge in [-0.3, -0.25) is 10.1 Å². The highest BCUT2D eigenvalue weighted by atomic mass is 79.9. The average molecular weight is 301 g/mol. The highest BCUT2D eigenvalue weighted by Gasteiger charge is 2.18. The Kier molecular flexibility index (Phi) is 4.65. The molecule has 0 amide bonds. The van der Waals surface area contributed by atoms with Gasteiger partial charge in [0, 0.05) is 17.1 Å². The number of hydrogen-bond acceptors (Lipinski definition) is 4. The summed E-state index contributed by atoms with van der Waals surface area (Å²) in [6.07, 6.45) is 0. The lowest BCUT2D eigenvalue weighted by Gasteiger charge is -2.10. The summed E-state index contributed by atoms with van der Waals surface area (Å²) in [6, 6.07) is 3.17. The van der Waals surface area contributed by atoms with Gasteiger partial charge in [-0.25, -0.2) is 0 Å². The van der Waals surface area contributed by atoms with Gasteiger partial charge in [0.15, 0.2) is 5.75 Å². The molecule has 1 aromatic rings. The molecule has 0 aliphatic heterocycles. The van der Waals surface area contributed by atoms with Gasteiger partial charge in [0.2, 0.25) is 0 Å². The first-order valence-electron chi connectivity index (χ1n) is 4.89. The van der Waals surface area contributed by atoms with Crippen molar-refractivity contribution >= 4 is 21.6 Å². The van der Waals surface area contributed by atoms with Crippen LogP contribution in [0, 0.1) is 17.0 Å². The number of ether oxygens (including phenoxy) is 1. The fourth-order valence-electron chi connectivity index (χ4n) is 1.27. The van der Waals surface area contributed by atoms with Crippen LogP contribution in [0.4, 0.5) is 5.69 Å². The van der Waals surface area contributed by atoms with E-state index in [4.69, 9.17) is 10.5 Å². The van der Waals surface area contributed by atoms with E-state index in [0.717, 1.165) is 0 Å². The van der Waals surface area contributed by atoms with Crippen LogP contribution in [0.5, 0.6) is 5.75 Å². The second-order valence-corrected chi connectivity index (χ2v) is 4.49. The number of aryl methyl sites for hydroxylation is 1. The van der Waals surface area contributed by atoms with Crippen molar-refractivity contribution in [3.63, 3.8) is 0 Å². The van der Waals surface area contributed by atoms with Gasteiger partial charge in [-0.15, -0.1) is 0 Å². The molecule has 92 valence electrons. The number of halogens is 1. The summed E-state index contributed by atoms with van der Waals surface area (Å²) >= 11 is 3.21. The fraction of sp³-hybridized carbons (Fsp3) is 0.273. The van der Waals surface area contributed by atoms with Gasteiger partial charge in [-0.1, -0.05) is 22.5 Å². The number of nitro benzene ring substituents is 1. The van der Waals surface area contributed by atoms with Crippen LogP contribution in [0.25, 0.3) is 0 Å². The van der Waals surface area contributed by atoms with Gasteiger partial charge in [0.25, 0.3) is 0 Å². The second-order valence-electron chi connectivity index (χ2n) is 3.57. The Morgan fingerprint density at radius 1 is 1.65 bits per heavy atom. The minimum atomic E-state index is -0.474. The van der Waals surface area contributed by atoms with E-state index in [1.807, 2.05) is 0 Å². The third-order valence-electron chi connectivity index (χ3n) is 2.13. The molecule has 0 aromatic heterocycles. The summed E-state index contributed by atoms with van der Waals surface area (Å²) in [4.78, 5) is 10.4. The normalized spacial score (nSPS) is 10.1. The van der Waals surface area contributed by atoms with Crippen molar-refractivity contribution in [3.8, 4) is 5.75 Å². The van der Waals surface area contributed by atoms with Gasteiger partial charge in [-0.05, 0) is 24.1 Å². The molecule has 0 saturated carbocycles. The molecule has 6 heteroatoms. The van der Waals surface area contributed by atoms with Crippen molar-refractivity contribution < 1.29 is 9.66 Å². The Bertz CT molecular complexity index is 460. The lowest BCUT2D eigenvalue weighted by atomic mass is 10.2. The topological polar surface area (TPSA) is 78.4 Å². The summed E-state index contributed by atoms with van der Waals surface area (Å²) in [7, 11) is 0. The van der Waals surface area contributed by atoms with E-state index in [-0.39, 0.29) is 18.0 Å². The largest absolute Gasteiger partial charge is 0.482 e. The third kappa shape index (κ3) is 3.54. The van der Waals surface area contributed by atoms with Crippen LogP contribution < -0.4 is 10.5 Å². The molecule has 1 aromatic carbocycles. The molecule has 1 rings (SSSR count). The minimum Gasteiger partial charge on any atom is -0.482 e. The van der Waals surface area contributed by atoms with Gasteiger partial charge < -0.3 is 10.5 Å². The molecule has 0 spiro atoms. The van der Waals surface area contributed by atoms with E-state index in [9.17, 15) is 10.1 Å². The van der Waals surface area contributed by atoms with Crippen LogP contribution in [-0.4, -0.2) is 18.1 Å². The van der Waals surface area contributed by atoms with Crippen LogP contribution in [0.1, 0.15) is 5.56 Å². The summed E-state index contributed by atoms with van der Waals surface area (Å²) in [5.41, 5.74) is 6.68. The zero-order valence-corrected chi connectivity index (χ0v) is 11.0. The Labute approximate surface area is 108 Å². The average Bonchev–Trinajstić information content (AvgIpc) is 2.26. The van der Waals surface area contributed by atoms with Crippen LogP contribution in [-0.2, 0) is 0 Å². The maximum Gasteiger partial charge on any atom is 0.312 e. The summed E-state index contributed by atoms with van der Waals surface area (Å²) in [6.45, 7) is 5.90. The molecule has 0 bridgehead atoms. The predicted octanol–water partition coefficient (Wildman–Crippen LogP) is 2.56. The van der Waals surface area contributed by atoms with Crippen molar-refractivity contribution in [2.75, 3.05) is 13.2 Å². The Hall–Kier alpha value is -1.40. The van der Waals surface area contributed by atoms with Crippen LogP contribution in [0.15, 0.2) is 28.8 Å². The number of nitrogens with zero attached hydrogens (tertiary/aromatic N) is 1. The van der Waals surface area contributed by atoms with Crippen molar-refractivity contribution in [2.24, 2.45) is 5.73 Å². The second kappa shape index (κ2) is 5.79.